The van der Waals surface area contributed by atoms with Crippen LogP contribution in [0.2, 0.25) is 0 Å². The van der Waals surface area contributed by atoms with Gasteiger partial charge in [0.05, 0.1) is 10.9 Å². The highest BCUT2D eigenvalue weighted by Crippen LogP contribution is 2.25. The Balaban J connectivity index is 0.000000204. The van der Waals surface area contributed by atoms with E-state index in [4.69, 9.17) is 15.9 Å². The lowest BCUT2D eigenvalue weighted by atomic mass is 10.0. The maximum Gasteiger partial charge on any atom is 0.256 e. The Kier molecular flexibility index (Phi) is 7.47. The van der Waals surface area contributed by atoms with Gasteiger partial charge in [-0.3, -0.25) is 14.3 Å². The van der Waals surface area contributed by atoms with E-state index in [1.165, 1.54) is 22.9 Å². The number of nitrogens with zero attached hydrogens (tertiary/aromatic N) is 2. The van der Waals surface area contributed by atoms with Gasteiger partial charge in [-0.2, -0.15) is 5.10 Å². The number of carbonyl (C=O) groups is 1. The van der Waals surface area contributed by atoms with E-state index in [9.17, 15) is 14.0 Å². The van der Waals surface area contributed by atoms with Crippen LogP contribution in [0, 0.1) is 5.82 Å². The predicted molar refractivity (Wildman–Crippen MR) is 132 cm³/mol. The van der Waals surface area contributed by atoms with E-state index < -0.39 is 11.7 Å². The number of halogens is 1. The molecule has 0 aliphatic rings. The Morgan fingerprint density at radius 1 is 1.26 bits per heavy atom. The molecule has 2 heterocycles. The maximum absolute atomic E-state index is 13.4. The summed E-state index contributed by atoms with van der Waals surface area (Å²) in [7, 11) is 1.67. The number of fused-ring (bicyclic) bond motifs is 1. The van der Waals surface area contributed by atoms with Crippen molar-refractivity contribution in [3.8, 4) is 11.1 Å². The number of benzene rings is 2. The molecule has 2 aromatic carbocycles. The van der Waals surface area contributed by atoms with Crippen molar-refractivity contribution in [3.63, 3.8) is 0 Å². The van der Waals surface area contributed by atoms with E-state index in [-0.39, 0.29) is 22.2 Å². The van der Waals surface area contributed by atoms with Gasteiger partial charge in [0.1, 0.15) is 28.5 Å². The van der Waals surface area contributed by atoms with Crippen molar-refractivity contribution in [3.05, 3.63) is 88.6 Å². The third-order valence-corrected chi connectivity index (χ3v) is 5.04. The first-order chi connectivity index (χ1) is 16.3. The number of rotatable bonds is 6. The number of hydrogen-bond donors (Lipinski definition) is 3. The molecule has 4 aromatic rings. The van der Waals surface area contributed by atoms with Crippen LogP contribution in [-0.4, -0.2) is 22.2 Å². The van der Waals surface area contributed by atoms with E-state index in [0.717, 1.165) is 5.56 Å². The summed E-state index contributed by atoms with van der Waals surface area (Å²) in [4.78, 5) is 23.7. The van der Waals surface area contributed by atoms with Gasteiger partial charge in [0, 0.05) is 20.0 Å². The molecule has 2 aromatic heterocycles. The lowest BCUT2D eigenvalue weighted by molar-refractivity contribution is 0.100. The Hall–Kier alpha value is -4.40. The van der Waals surface area contributed by atoms with Crippen LogP contribution in [0.25, 0.3) is 22.1 Å². The minimum atomic E-state index is -0.595. The quantitative estimate of drug-likeness (QED) is 0.372. The number of aryl methyl sites for hydroxylation is 2. The molecule has 8 nitrogen and oxygen atoms in total. The SMILES string of the molecule is C=CCNc1c(C(N)=O)c(N)nn1C.CCc1oc2ccc(F)cc2c(=O)c1-c1ccccc1. The van der Waals surface area contributed by atoms with Crippen LogP contribution < -0.4 is 22.2 Å². The zero-order chi connectivity index (χ0) is 24.8. The van der Waals surface area contributed by atoms with Crippen LogP contribution in [-0.2, 0) is 13.5 Å². The number of anilines is 2. The summed E-state index contributed by atoms with van der Waals surface area (Å²) in [6.45, 7) is 5.99. The molecular formula is C25H26FN5O3. The maximum atomic E-state index is 13.4. The molecule has 0 saturated heterocycles. The number of primary amides is 1. The fourth-order valence-corrected chi connectivity index (χ4v) is 3.52. The second-order valence-corrected chi connectivity index (χ2v) is 7.36. The minimum absolute atomic E-state index is 0.131. The first-order valence-electron chi connectivity index (χ1n) is 10.6. The van der Waals surface area contributed by atoms with Gasteiger partial charge in [-0.1, -0.05) is 43.3 Å². The van der Waals surface area contributed by atoms with Crippen LogP contribution in [0.15, 0.2) is 70.4 Å². The smallest absolute Gasteiger partial charge is 0.256 e. The highest BCUT2D eigenvalue weighted by atomic mass is 19.1. The summed E-state index contributed by atoms with van der Waals surface area (Å²) in [5.41, 5.74) is 12.4. The number of nitrogens with two attached hydrogens (primary N) is 2. The standard InChI is InChI=1S/C17H13FO2.C8H13N5O/c1-2-14-16(11-6-4-3-5-7-11)17(19)13-10-12(18)8-9-15(13)20-14;1-3-4-11-8-5(7(10)14)6(9)12-13(8)2/h3-10H,2H2,1H3;3,11H,1,4H2,2H3,(H2,9,12)(H2,10,14). The first-order valence-corrected chi connectivity index (χ1v) is 10.6. The highest BCUT2D eigenvalue weighted by Gasteiger charge is 2.18. The van der Waals surface area contributed by atoms with Crippen LogP contribution in [0.3, 0.4) is 0 Å². The largest absolute Gasteiger partial charge is 0.460 e. The molecule has 34 heavy (non-hydrogen) atoms. The third kappa shape index (κ3) is 4.98. The van der Waals surface area contributed by atoms with Crippen LogP contribution in [0.1, 0.15) is 23.0 Å². The molecule has 0 saturated carbocycles. The molecule has 0 atom stereocenters. The van der Waals surface area contributed by atoms with Crippen LogP contribution in [0.5, 0.6) is 0 Å². The van der Waals surface area contributed by atoms with Crippen molar-refractivity contribution in [1.29, 1.82) is 0 Å². The highest BCUT2D eigenvalue weighted by molar-refractivity contribution is 6.02. The second-order valence-electron chi connectivity index (χ2n) is 7.36. The molecule has 0 spiro atoms. The Labute approximate surface area is 195 Å². The number of nitrogens with one attached hydrogen (secondary N) is 1. The third-order valence-electron chi connectivity index (χ3n) is 5.04. The molecule has 0 fully saturated rings. The summed E-state index contributed by atoms with van der Waals surface area (Å²) >= 11 is 0. The number of amides is 1. The lowest BCUT2D eigenvalue weighted by Gasteiger charge is -2.08. The van der Waals surface area contributed by atoms with Crippen molar-refractivity contribution in [2.24, 2.45) is 12.8 Å². The van der Waals surface area contributed by atoms with Crippen molar-refractivity contribution < 1.29 is 13.6 Å². The molecule has 0 aliphatic carbocycles. The summed E-state index contributed by atoms with van der Waals surface area (Å²) in [5, 5.41) is 7.10. The Morgan fingerprint density at radius 3 is 2.59 bits per heavy atom. The molecule has 176 valence electrons. The Morgan fingerprint density at radius 2 is 1.97 bits per heavy atom. The number of carbonyl (C=O) groups excluding carboxylic acids is 1. The normalized spacial score (nSPS) is 10.4. The topological polar surface area (TPSA) is 129 Å². The molecule has 5 N–H and O–H groups in total. The molecule has 0 bridgehead atoms. The molecule has 9 heteroatoms. The van der Waals surface area contributed by atoms with Crippen LogP contribution in [0.4, 0.5) is 16.0 Å². The molecule has 1 amide bonds. The Bertz CT molecular complexity index is 1390. The van der Waals surface area contributed by atoms with E-state index in [2.05, 4.69) is 17.0 Å². The first kappa shape index (κ1) is 24.2. The van der Waals surface area contributed by atoms with E-state index >= 15 is 0 Å². The number of nitrogen functional groups attached to an aromatic ring is 1. The zero-order valence-electron chi connectivity index (χ0n) is 19.0. The fraction of sp³-hybridized carbons (Fsp3) is 0.160. The average Bonchev–Trinajstić information content (AvgIpc) is 3.11. The van der Waals surface area contributed by atoms with Gasteiger partial charge in [-0.25, -0.2) is 4.39 Å². The molecular weight excluding hydrogens is 437 g/mol. The molecule has 0 aliphatic heterocycles. The second kappa shape index (κ2) is 10.5. The van der Waals surface area contributed by atoms with Gasteiger partial charge in [-0.15, -0.1) is 6.58 Å². The lowest BCUT2D eigenvalue weighted by Crippen LogP contribution is -2.15. The summed E-state index contributed by atoms with van der Waals surface area (Å²) in [5.74, 6) is 0.233. The van der Waals surface area contributed by atoms with Gasteiger partial charge in [0.25, 0.3) is 5.91 Å². The summed E-state index contributed by atoms with van der Waals surface area (Å²) in [6, 6.07) is 13.4. The van der Waals surface area contributed by atoms with Gasteiger partial charge in [-0.05, 0) is 23.8 Å². The number of hydrogen-bond acceptors (Lipinski definition) is 6. The molecule has 0 unspecified atom stereocenters. The molecule has 4 rings (SSSR count). The summed E-state index contributed by atoms with van der Waals surface area (Å²) in [6.07, 6.45) is 2.26. The monoisotopic (exact) mass is 463 g/mol. The zero-order valence-corrected chi connectivity index (χ0v) is 19.0. The van der Waals surface area contributed by atoms with Crippen LogP contribution >= 0.6 is 0 Å². The van der Waals surface area contributed by atoms with E-state index in [0.29, 0.717) is 35.7 Å². The average molecular weight is 464 g/mol. The molecule has 0 radical (unpaired) electrons. The summed E-state index contributed by atoms with van der Waals surface area (Å²) < 4.78 is 20.6. The van der Waals surface area contributed by atoms with E-state index in [1.807, 2.05) is 37.3 Å². The van der Waals surface area contributed by atoms with Gasteiger partial charge in [0.2, 0.25) is 5.43 Å². The van der Waals surface area contributed by atoms with Crippen molar-refractivity contribution >= 4 is 28.5 Å². The van der Waals surface area contributed by atoms with E-state index in [1.54, 1.807) is 13.1 Å². The van der Waals surface area contributed by atoms with Crippen molar-refractivity contribution in [2.75, 3.05) is 17.6 Å². The number of aromatic nitrogens is 2. The van der Waals surface area contributed by atoms with Crippen molar-refractivity contribution in [1.82, 2.24) is 9.78 Å². The minimum Gasteiger partial charge on any atom is -0.460 e. The van der Waals surface area contributed by atoms with Gasteiger partial charge >= 0.3 is 0 Å². The van der Waals surface area contributed by atoms with Crippen molar-refractivity contribution in [2.45, 2.75) is 13.3 Å². The van der Waals surface area contributed by atoms with Gasteiger partial charge in [0.15, 0.2) is 5.82 Å². The van der Waals surface area contributed by atoms with Gasteiger partial charge < -0.3 is 21.2 Å². The predicted octanol–water partition coefficient (Wildman–Crippen LogP) is 3.86. The fourth-order valence-electron chi connectivity index (χ4n) is 3.52.